The van der Waals surface area contributed by atoms with Crippen LogP contribution in [0.4, 0.5) is 0 Å². The highest BCUT2D eigenvalue weighted by molar-refractivity contribution is 9.10. The van der Waals surface area contributed by atoms with Crippen LogP contribution < -0.4 is 4.74 Å². The Morgan fingerprint density at radius 3 is 2.48 bits per heavy atom. The van der Waals surface area contributed by atoms with E-state index in [1.807, 2.05) is 6.07 Å². The highest BCUT2D eigenvalue weighted by Crippen LogP contribution is 2.51. The maximum absolute atomic E-state index is 6.51. The highest BCUT2D eigenvalue weighted by Gasteiger charge is 2.53. The van der Waals surface area contributed by atoms with E-state index in [9.17, 15) is 0 Å². The van der Waals surface area contributed by atoms with E-state index in [1.54, 1.807) is 0 Å². The molecule has 0 fully saturated rings. The maximum Gasteiger partial charge on any atom is 0.200 e. The van der Waals surface area contributed by atoms with Crippen molar-refractivity contribution in [3.8, 4) is 5.75 Å². The second-order valence-electron chi connectivity index (χ2n) is 7.99. The Labute approximate surface area is 157 Å². The molecule has 0 saturated carbocycles. The molecule has 0 radical (unpaired) electrons. The predicted molar refractivity (Wildman–Crippen MR) is 105 cm³/mol. The quantitative estimate of drug-likeness (QED) is 0.610. The second-order valence-corrected chi connectivity index (χ2v) is 8.91. The number of hydrazone groups is 1. The number of hydrogen-bond acceptors (Lipinski definition) is 3. The fraction of sp³-hybridized carbons (Fsp3) is 0.381. The lowest BCUT2D eigenvalue weighted by Gasteiger charge is -2.52. The van der Waals surface area contributed by atoms with E-state index in [4.69, 9.17) is 9.84 Å². The van der Waals surface area contributed by atoms with Gasteiger partial charge in [0.2, 0.25) is 0 Å². The third-order valence-electron chi connectivity index (χ3n) is 5.50. The van der Waals surface area contributed by atoms with Gasteiger partial charge in [0, 0.05) is 21.9 Å². The van der Waals surface area contributed by atoms with Gasteiger partial charge in [0.1, 0.15) is 5.75 Å². The van der Waals surface area contributed by atoms with E-state index in [0.717, 1.165) is 22.4 Å². The second kappa shape index (κ2) is 5.60. The van der Waals surface area contributed by atoms with Crippen LogP contribution in [-0.2, 0) is 0 Å². The van der Waals surface area contributed by atoms with Crippen molar-refractivity contribution in [1.29, 1.82) is 0 Å². The van der Waals surface area contributed by atoms with Crippen molar-refractivity contribution >= 4 is 21.6 Å². The zero-order chi connectivity index (χ0) is 17.8. The molecule has 0 saturated heterocycles. The number of nitrogens with zero attached hydrogens (tertiary/aromatic N) is 2. The zero-order valence-electron chi connectivity index (χ0n) is 15.1. The Morgan fingerprint density at radius 2 is 1.80 bits per heavy atom. The number of hydrogen-bond donors (Lipinski definition) is 0. The molecular weight excluding hydrogens is 376 g/mol. The van der Waals surface area contributed by atoms with Crippen LogP contribution in [0.15, 0.2) is 58.1 Å². The highest BCUT2D eigenvalue weighted by atomic mass is 79.9. The molecule has 0 spiro atoms. The summed E-state index contributed by atoms with van der Waals surface area (Å²) in [5, 5.41) is 7.23. The summed E-state index contributed by atoms with van der Waals surface area (Å²) in [6.45, 7) is 8.80. The summed E-state index contributed by atoms with van der Waals surface area (Å²) in [5.74, 6) is 0.980. The van der Waals surface area contributed by atoms with Gasteiger partial charge in [0.25, 0.3) is 0 Å². The number of rotatable bonds is 1. The summed E-state index contributed by atoms with van der Waals surface area (Å²) in [7, 11) is 0. The number of fused-ring (bicyclic) bond motifs is 3. The first-order chi connectivity index (χ1) is 11.8. The summed E-state index contributed by atoms with van der Waals surface area (Å²) >= 11 is 3.51. The molecule has 130 valence electrons. The van der Waals surface area contributed by atoms with Crippen LogP contribution in [0.2, 0.25) is 0 Å². The van der Waals surface area contributed by atoms with Crippen molar-refractivity contribution in [3.63, 3.8) is 0 Å². The molecule has 2 heterocycles. The molecule has 4 heteroatoms. The molecule has 2 aromatic rings. The summed E-state index contributed by atoms with van der Waals surface area (Å²) in [6.07, 6.45) is 0.897. The Bertz CT molecular complexity index is 838. The van der Waals surface area contributed by atoms with Gasteiger partial charge in [-0.3, -0.25) is 0 Å². The van der Waals surface area contributed by atoms with Crippen LogP contribution in [0.1, 0.15) is 51.3 Å². The smallest absolute Gasteiger partial charge is 0.200 e. The van der Waals surface area contributed by atoms with Crippen LogP contribution >= 0.6 is 15.9 Å². The number of halogens is 1. The third-order valence-corrected chi connectivity index (χ3v) is 6.03. The first-order valence-corrected chi connectivity index (χ1v) is 9.49. The van der Waals surface area contributed by atoms with Gasteiger partial charge in [-0.1, -0.05) is 67.0 Å². The normalized spacial score (nSPS) is 25.1. The van der Waals surface area contributed by atoms with Crippen LogP contribution in [-0.4, -0.2) is 16.4 Å². The lowest BCUT2D eigenvalue weighted by molar-refractivity contribution is -0.171. The topological polar surface area (TPSA) is 24.8 Å². The van der Waals surface area contributed by atoms with E-state index in [0.29, 0.717) is 0 Å². The molecule has 2 atom stereocenters. The van der Waals surface area contributed by atoms with Gasteiger partial charge in [0.15, 0.2) is 5.72 Å². The van der Waals surface area contributed by atoms with E-state index in [2.05, 4.69) is 91.1 Å². The maximum atomic E-state index is 6.51. The molecule has 25 heavy (non-hydrogen) atoms. The number of benzene rings is 2. The van der Waals surface area contributed by atoms with E-state index >= 15 is 0 Å². The van der Waals surface area contributed by atoms with Crippen LogP contribution in [0.25, 0.3) is 0 Å². The zero-order valence-corrected chi connectivity index (χ0v) is 16.7. The van der Waals surface area contributed by atoms with Gasteiger partial charge in [-0.05, 0) is 30.7 Å². The molecule has 0 aromatic heterocycles. The lowest BCUT2D eigenvalue weighted by Crippen LogP contribution is -2.59. The summed E-state index contributed by atoms with van der Waals surface area (Å²) in [4.78, 5) is 0. The minimum absolute atomic E-state index is 0.0859. The van der Waals surface area contributed by atoms with Gasteiger partial charge < -0.3 is 4.74 Å². The van der Waals surface area contributed by atoms with Gasteiger partial charge in [-0.25, -0.2) is 5.01 Å². The number of para-hydroxylation sites is 1. The van der Waals surface area contributed by atoms with E-state index in [1.165, 1.54) is 11.1 Å². The first kappa shape index (κ1) is 16.6. The molecule has 0 aliphatic carbocycles. The van der Waals surface area contributed by atoms with Crippen LogP contribution in [0, 0.1) is 5.41 Å². The van der Waals surface area contributed by atoms with Crippen molar-refractivity contribution in [2.24, 2.45) is 10.5 Å². The minimum Gasteiger partial charge on any atom is -0.466 e. The van der Waals surface area contributed by atoms with Gasteiger partial charge in [-0.15, -0.1) is 0 Å². The molecule has 2 aliphatic heterocycles. The average Bonchev–Trinajstić information content (AvgIpc) is 3.01. The fourth-order valence-electron chi connectivity index (χ4n) is 3.57. The van der Waals surface area contributed by atoms with Crippen LogP contribution in [0.5, 0.6) is 5.75 Å². The third kappa shape index (κ3) is 2.58. The lowest BCUT2D eigenvalue weighted by atomic mass is 9.81. The molecule has 4 rings (SSSR count). The molecular formula is C21H23BrN2O. The summed E-state index contributed by atoms with van der Waals surface area (Å²) in [6, 6.07) is 17.0. The van der Waals surface area contributed by atoms with E-state index < -0.39 is 5.72 Å². The van der Waals surface area contributed by atoms with Gasteiger partial charge in [-0.2, -0.15) is 5.10 Å². The molecule has 0 bridgehead atoms. The monoisotopic (exact) mass is 398 g/mol. The van der Waals surface area contributed by atoms with Gasteiger partial charge >= 0.3 is 0 Å². The molecule has 0 amide bonds. The Balaban J connectivity index is 1.82. The SMILES string of the molecule is CC(C)(C)C1(C)Oc2ccccc2C2CC(c3ccc(Br)cc3)=NN21. The molecule has 0 N–H and O–H groups in total. The summed E-state index contributed by atoms with van der Waals surface area (Å²) < 4.78 is 7.60. The fourth-order valence-corrected chi connectivity index (χ4v) is 3.83. The van der Waals surface area contributed by atoms with Crippen molar-refractivity contribution < 1.29 is 4.74 Å². The molecule has 2 aliphatic rings. The van der Waals surface area contributed by atoms with E-state index in [-0.39, 0.29) is 11.5 Å². The van der Waals surface area contributed by atoms with Crippen molar-refractivity contribution in [3.05, 3.63) is 64.1 Å². The Kier molecular flexibility index (Phi) is 3.73. The van der Waals surface area contributed by atoms with Gasteiger partial charge in [0.05, 0.1) is 11.8 Å². The predicted octanol–water partition coefficient (Wildman–Crippen LogP) is 5.75. The Morgan fingerprint density at radius 1 is 1.12 bits per heavy atom. The van der Waals surface area contributed by atoms with Crippen LogP contribution in [0.3, 0.4) is 0 Å². The largest absolute Gasteiger partial charge is 0.466 e. The van der Waals surface area contributed by atoms with Crippen molar-refractivity contribution in [2.45, 2.75) is 45.9 Å². The molecule has 2 aromatic carbocycles. The minimum atomic E-state index is -0.497. The average molecular weight is 399 g/mol. The molecule has 2 unspecified atom stereocenters. The number of ether oxygens (including phenoxy) is 1. The molecule has 3 nitrogen and oxygen atoms in total. The summed E-state index contributed by atoms with van der Waals surface area (Å²) in [5.41, 5.74) is 2.93. The first-order valence-electron chi connectivity index (χ1n) is 8.70. The standard InChI is InChI=1S/C21H23BrN2O/c1-20(2,3)21(4)24-18(16-7-5-6-8-19(16)25-21)13-17(23-24)14-9-11-15(22)12-10-14/h5-12,18H,13H2,1-4H3. The van der Waals surface area contributed by atoms with Crippen molar-refractivity contribution in [1.82, 2.24) is 5.01 Å². The van der Waals surface area contributed by atoms with Crippen molar-refractivity contribution in [2.75, 3.05) is 0 Å². The Hall–Kier alpha value is -1.81.